The standard InChI is InChI=1S/C30H29N5O2S2/c1-20-19-38-29(31-20)32-30-35(24-11-7-4-8-12-24)28(36)26(39-30)17-22-18-34(23-9-5-3-6-10-23)33-27(22)21-13-15-25(37-2)16-14-21/h3,5-6,9-10,13-19,24H,4,7-8,11-12H2,1-2H3/b26-17-,32-30+. The largest absolute Gasteiger partial charge is 0.497 e. The maximum Gasteiger partial charge on any atom is 0.267 e. The van der Waals surface area contributed by atoms with Gasteiger partial charge in [-0.15, -0.1) is 11.3 Å². The van der Waals surface area contributed by atoms with Gasteiger partial charge >= 0.3 is 0 Å². The minimum atomic E-state index is 0.00655. The summed E-state index contributed by atoms with van der Waals surface area (Å²) in [6, 6.07) is 18.0. The number of hydrogen-bond donors (Lipinski definition) is 0. The molecule has 39 heavy (non-hydrogen) atoms. The third-order valence-corrected chi connectivity index (χ3v) is 8.82. The maximum absolute atomic E-state index is 13.9. The molecule has 3 heterocycles. The third-order valence-electron chi connectivity index (χ3n) is 6.99. The lowest BCUT2D eigenvalue weighted by Gasteiger charge is -2.30. The number of para-hydroxylation sites is 1. The monoisotopic (exact) mass is 555 g/mol. The van der Waals surface area contributed by atoms with Crippen molar-refractivity contribution >= 4 is 45.4 Å². The van der Waals surface area contributed by atoms with Crippen LogP contribution in [0.2, 0.25) is 0 Å². The van der Waals surface area contributed by atoms with Crippen molar-refractivity contribution in [3.05, 3.63) is 82.3 Å². The van der Waals surface area contributed by atoms with E-state index in [1.807, 2.05) is 88.8 Å². The minimum Gasteiger partial charge on any atom is -0.497 e. The lowest BCUT2D eigenvalue weighted by molar-refractivity contribution is -0.124. The van der Waals surface area contributed by atoms with Crippen LogP contribution >= 0.6 is 23.1 Å². The zero-order valence-corrected chi connectivity index (χ0v) is 23.5. The van der Waals surface area contributed by atoms with E-state index in [0.29, 0.717) is 15.2 Å². The van der Waals surface area contributed by atoms with Gasteiger partial charge in [-0.25, -0.2) is 9.67 Å². The Labute approximate surface area is 236 Å². The van der Waals surface area contributed by atoms with Crippen LogP contribution < -0.4 is 4.74 Å². The molecule has 0 N–H and O–H groups in total. The predicted octanol–water partition coefficient (Wildman–Crippen LogP) is 7.25. The topological polar surface area (TPSA) is 72.6 Å². The molecule has 0 bridgehead atoms. The summed E-state index contributed by atoms with van der Waals surface area (Å²) in [5, 5.41) is 8.32. The Morgan fingerprint density at radius 2 is 1.82 bits per heavy atom. The summed E-state index contributed by atoms with van der Waals surface area (Å²) < 4.78 is 7.22. The summed E-state index contributed by atoms with van der Waals surface area (Å²) in [5.41, 5.74) is 4.50. The first-order chi connectivity index (χ1) is 19.1. The summed E-state index contributed by atoms with van der Waals surface area (Å²) in [6.07, 6.45) is 9.43. The van der Waals surface area contributed by atoms with E-state index in [2.05, 4.69) is 4.98 Å². The number of thioether (sulfide) groups is 1. The quantitative estimate of drug-likeness (QED) is 0.234. The van der Waals surface area contributed by atoms with Gasteiger partial charge in [-0.1, -0.05) is 37.5 Å². The predicted molar refractivity (Wildman–Crippen MR) is 159 cm³/mol. The van der Waals surface area contributed by atoms with Crippen LogP contribution in [0.3, 0.4) is 0 Å². The van der Waals surface area contributed by atoms with Crippen LogP contribution in [0.5, 0.6) is 5.75 Å². The number of amides is 1. The minimum absolute atomic E-state index is 0.00655. The number of hydrogen-bond acceptors (Lipinski definition) is 7. The van der Waals surface area contributed by atoms with Crippen LogP contribution in [0.1, 0.15) is 43.4 Å². The van der Waals surface area contributed by atoms with Crippen LogP contribution in [0.15, 0.2) is 76.1 Å². The Bertz CT molecular complexity index is 1530. The zero-order valence-electron chi connectivity index (χ0n) is 21.9. The van der Waals surface area contributed by atoms with Crippen LogP contribution in [-0.4, -0.2) is 43.9 Å². The van der Waals surface area contributed by atoms with Crippen LogP contribution in [0.25, 0.3) is 23.0 Å². The number of carbonyl (C=O) groups excluding carboxylic acids is 1. The van der Waals surface area contributed by atoms with Gasteiger partial charge in [0.15, 0.2) is 5.17 Å². The highest BCUT2D eigenvalue weighted by Gasteiger charge is 2.39. The molecular weight excluding hydrogens is 526 g/mol. The van der Waals surface area contributed by atoms with Gasteiger partial charge in [-0.3, -0.25) is 9.69 Å². The molecule has 7 nitrogen and oxygen atoms in total. The Morgan fingerprint density at radius 1 is 1.05 bits per heavy atom. The first-order valence-electron chi connectivity index (χ1n) is 13.1. The average molecular weight is 556 g/mol. The summed E-state index contributed by atoms with van der Waals surface area (Å²) in [7, 11) is 1.65. The fourth-order valence-electron chi connectivity index (χ4n) is 5.02. The van der Waals surface area contributed by atoms with Crippen molar-refractivity contribution in [2.24, 2.45) is 4.99 Å². The van der Waals surface area contributed by atoms with Crippen LogP contribution in [-0.2, 0) is 4.79 Å². The van der Waals surface area contributed by atoms with Gasteiger partial charge < -0.3 is 4.74 Å². The van der Waals surface area contributed by atoms with Crippen molar-refractivity contribution in [1.29, 1.82) is 0 Å². The Balaban J connectivity index is 1.42. The van der Waals surface area contributed by atoms with Crippen molar-refractivity contribution in [1.82, 2.24) is 19.7 Å². The van der Waals surface area contributed by atoms with E-state index in [-0.39, 0.29) is 11.9 Å². The molecule has 2 aliphatic rings. The van der Waals surface area contributed by atoms with Crippen molar-refractivity contribution in [2.45, 2.75) is 45.1 Å². The number of nitrogens with zero attached hydrogens (tertiary/aromatic N) is 5. The zero-order chi connectivity index (χ0) is 26.8. The van der Waals surface area contributed by atoms with Crippen LogP contribution in [0, 0.1) is 6.92 Å². The maximum atomic E-state index is 13.9. The number of rotatable bonds is 6. The van der Waals surface area contributed by atoms with Gasteiger partial charge in [0, 0.05) is 28.7 Å². The molecule has 1 aliphatic carbocycles. The van der Waals surface area contributed by atoms with Gasteiger partial charge in [0.05, 0.1) is 29.1 Å². The molecule has 2 fully saturated rings. The van der Waals surface area contributed by atoms with Gasteiger partial charge in [0.1, 0.15) is 5.75 Å². The summed E-state index contributed by atoms with van der Waals surface area (Å²) >= 11 is 2.93. The number of aromatic nitrogens is 3. The summed E-state index contributed by atoms with van der Waals surface area (Å²) in [4.78, 5) is 25.9. The second-order valence-electron chi connectivity index (χ2n) is 9.69. The molecule has 0 radical (unpaired) electrons. The van der Waals surface area contributed by atoms with E-state index in [1.54, 1.807) is 7.11 Å². The van der Waals surface area contributed by atoms with Crippen molar-refractivity contribution in [2.75, 3.05) is 7.11 Å². The number of aryl methyl sites for hydroxylation is 1. The Morgan fingerprint density at radius 3 is 2.51 bits per heavy atom. The highest BCUT2D eigenvalue weighted by atomic mass is 32.2. The van der Waals surface area contributed by atoms with E-state index in [9.17, 15) is 4.79 Å². The highest BCUT2D eigenvalue weighted by Crippen LogP contribution is 2.40. The van der Waals surface area contributed by atoms with E-state index in [1.165, 1.54) is 29.5 Å². The number of ether oxygens (including phenoxy) is 1. The van der Waals surface area contributed by atoms with Gasteiger partial charge in [0.25, 0.3) is 5.91 Å². The lowest BCUT2D eigenvalue weighted by Crippen LogP contribution is -2.40. The number of methoxy groups -OCH3 is 1. The number of thiazole rings is 1. The Kier molecular flexibility index (Phi) is 7.34. The molecular formula is C30H29N5O2S2. The Hall–Kier alpha value is -3.69. The molecule has 0 spiro atoms. The second kappa shape index (κ2) is 11.2. The fraction of sp³-hybridized carbons (Fsp3) is 0.267. The number of carbonyl (C=O) groups is 1. The van der Waals surface area contributed by atoms with Crippen molar-refractivity contribution in [3.63, 3.8) is 0 Å². The second-order valence-corrected chi connectivity index (χ2v) is 11.5. The molecule has 1 amide bonds. The normalized spacial score (nSPS) is 18.4. The van der Waals surface area contributed by atoms with Crippen LogP contribution in [0.4, 0.5) is 5.13 Å². The molecule has 1 saturated heterocycles. The molecule has 0 atom stereocenters. The molecule has 2 aromatic carbocycles. The van der Waals surface area contributed by atoms with Gasteiger partial charge in [-0.05, 0) is 74.0 Å². The lowest BCUT2D eigenvalue weighted by atomic mass is 9.94. The van der Waals surface area contributed by atoms with E-state index in [0.717, 1.165) is 59.6 Å². The summed E-state index contributed by atoms with van der Waals surface area (Å²) in [5.74, 6) is 0.788. The molecule has 2 aromatic heterocycles. The van der Waals surface area contributed by atoms with Gasteiger partial charge in [-0.2, -0.15) is 10.1 Å². The van der Waals surface area contributed by atoms with E-state index in [4.69, 9.17) is 14.8 Å². The molecule has 6 rings (SSSR count). The average Bonchev–Trinajstić information content (AvgIpc) is 3.67. The third kappa shape index (κ3) is 5.42. The molecule has 9 heteroatoms. The number of amidine groups is 1. The summed E-state index contributed by atoms with van der Waals surface area (Å²) in [6.45, 7) is 1.96. The molecule has 1 aliphatic heterocycles. The highest BCUT2D eigenvalue weighted by molar-refractivity contribution is 8.18. The molecule has 0 unspecified atom stereocenters. The van der Waals surface area contributed by atoms with Crippen molar-refractivity contribution < 1.29 is 9.53 Å². The molecule has 1 saturated carbocycles. The van der Waals surface area contributed by atoms with Crippen molar-refractivity contribution in [3.8, 4) is 22.7 Å². The fourth-order valence-corrected chi connectivity index (χ4v) is 6.77. The first kappa shape index (κ1) is 25.6. The van der Waals surface area contributed by atoms with E-state index < -0.39 is 0 Å². The molecule has 4 aromatic rings. The van der Waals surface area contributed by atoms with Gasteiger partial charge in [0.2, 0.25) is 5.13 Å². The number of aliphatic imine (C=N–C) groups is 1. The SMILES string of the molecule is COc1ccc(-c2nn(-c3ccccc3)cc2/C=C2\S/C(=N/c3nc(C)cs3)N(C3CCCCC3)C2=O)cc1. The first-order valence-corrected chi connectivity index (χ1v) is 14.8. The smallest absolute Gasteiger partial charge is 0.267 e. The van der Waals surface area contributed by atoms with E-state index >= 15 is 0 Å². The number of benzene rings is 2. The molecule has 198 valence electrons.